The molecular weight excluding hydrogens is 402 g/mol. The van der Waals surface area contributed by atoms with Gasteiger partial charge in [0.25, 0.3) is 0 Å². The third kappa shape index (κ3) is 15.2. The molecule has 0 aliphatic rings. The number of carbonyl (C=O) groups is 1. The zero-order chi connectivity index (χ0) is 23.6. The highest BCUT2D eigenvalue weighted by atomic mass is 16.4. The van der Waals surface area contributed by atoms with E-state index in [1.54, 1.807) is 12.2 Å². The summed E-state index contributed by atoms with van der Waals surface area (Å²) in [5.74, 6) is -0.896. The minimum Gasteiger partial charge on any atom is -0.481 e. The molecule has 0 spiro atoms. The largest absolute Gasteiger partial charge is 0.481 e. The van der Waals surface area contributed by atoms with Crippen LogP contribution in [0.1, 0.15) is 71.6 Å². The quantitative estimate of drug-likeness (QED) is 0.148. The minimum absolute atomic E-state index is 0.0141. The summed E-state index contributed by atoms with van der Waals surface area (Å²) >= 11 is 0. The summed E-state index contributed by atoms with van der Waals surface area (Å²) in [6, 6.07) is -0.295. The fraction of sp³-hybridized carbons (Fsp3) is 0.783. The Kier molecular flexibility index (Phi) is 17.5. The molecule has 0 bridgehead atoms. The third-order valence-corrected chi connectivity index (χ3v) is 5.19. The number of hydrogen-bond donors (Lipinski definition) is 7. The zero-order valence-corrected chi connectivity index (χ0v) is 19.0. The lowest BCUT2D eigenvalue weighted by molar-refractivity contribution is -0.137. The van der Waals surface area contributed by atoms with Crippen LogP contribution in [0, 0.1) is 0 Å². The molecule has 0 heterocycles. The second-order valence-corrected chi connectivity index (χ2v) is 8.01. The molecule has 0 aromatic rings. The predicted molar refractivity (Wildman–Crippen MR) is 121 cm³/mol. The topological polar surface area (TPSA) is 150 Å². The first-order valence-electron chi connectivity index (χ1n) is 11.4. The van der Waals surface area contributed by atoms with Crippen molar-refractivity contribution in [1.29, 1.82) is 0 Å². The standard InChI is InChI=1S/C23H43NO7/c1-3-5-10-21(28)22(29)12-7-9-17(15-18(26)16-25)8-6-11-20(27)19(24-4-2)13-14-23(30)31/h7,9,12,18-22,24-29H,3-6,8,10-11,13-16H2,1-2H3,(H,30,31)/b12-7+,17-9-/t18-,19-,20-,21-,22+/m0/s1. The van der Waals surface area contributed by atoms with Crippen molar-refractivity contribution in [2.75, 3.05) is 13.2 Å². The Hall–Kier alpha value is -1.29. The summed E-state index contributed by atoms with van der Waals surface area (Å²) in [7, 11) is 0. The summed E-state index contributed by atoms with van der Waals surface area (Å²) in [6.07, 6.45) is 6.09. The Morgan fingerprint density at radius 3 is 2.23 bits per heavy atom. The monoisotopic (exact) mass is 445 g/mol. The van der Waals surface area contributed by atoms with Crippen LogP contribution >= 0.6 is 0 Å². The van der Waals surface area contributed by atoms with Crippen LogP contribution in [-0.2, 0) is 4.79 Å². The van der Waals surface area contributed by atoms with Gasteiger partial charge in [-0.1, -0.05) is 50.5 Å². The smallest absolute Gasteiger partial charge is 0.303 e. The molecule has 0 rings (SSSR count). The lowest BCUT2D eigenvalue weighted by Crippen LogP contribution is -2.40. The normalized spacial score (nSPS) is 17.5. The summed E-state index contributed by atoms with van der Waals surface area (Å²) in [6.45, 7) is 4.18. The van der Waals surface area contributed by atoms with Crippen LogP contribution < -0.4 is 5.32 Å². The van der Waals surface area contributed by atoms with Crippen molar-refractivity contribution in [3.05, 3.63) is 23.8 Å². The van der Waals surface area contributed by atoms with Crippen LogP contribution in [0.25, 0.3) is 0 Å². The minimum atomic E-state index is -0.969. The van der Waals surface area contributed by atoms with E-state index in [0.717, 1.165) is 18.4 Å². The molecular formula is C23H43NO7. The molecule has 0 fully saturated rings. The summed E-state index contributed by atoms with van der Waals surface area (Å²) in [5.41, 5.74) is 0.853. The van der Waals surface area contributed by atoms with Gasteiger partial charge in [-0.05, 0) is 45.1 Å². The molecule has 0 aliphatic heterocycles. The number of allylic oxidation sites excluding steroid dienone is 2. The molecule has 0 aromatic carbocycles. The van der Waals surface area contributed by atoms with Gasteiger partial charge >= 0.3 is 5.97 Å². The number of unbranched alkanes of at least 4 members (excludes halogenated alkanes) is 1. The lowest BCUT2D eigenvalue weighted by Gasteiger charge is -2.23. The van der Waals surface area contributed by atoms with E-state index in [-0.39, 0.29) is 25.5 Å². The van der Waals surface area contributed by atoms with Gasteiger partial charge in [0.05, 0.1) is 31.0 Å². The van der Waals surface area contributed by atoms with Crippen molar-refractivity contribution in [3.8, 4) is 0 Å². The van der Waals surface area contributed by atoms with E-state index in [9.17, 15) is 25.2 Å². The third-order valence-electron chi connectivity index (χ3n) is 5.19. The molecule has 5 atom stereocenters. The number of carboxylic acids is 1. The van der Waals surface area contributed by atoms with Crippen LogP contribution in [0.5, 0.6) is 0 Å². The van der Waals surface area contributed by atoms with E-state index in [0.29, 0.717) is 38.6 Å². The van der Waals surface area contributed by atoms with Crippen molar-refractivity contribution in [3.63, 3.8) is 0 Å². The molecule has 0 saturated heterocycles. The van der Waals surface area contributed by atoms with E-state index in [2.05, 4.69) is 5.32 Å². The number of hydrogen-bond acceptors (Lipinski definition) is 7. The maximum Gasteiger partial charge on any atom is 0.303 e. The Morgan fingerprint density at radius 2 is 1.65 bits per heavy atom. The van der Waals surface area contributed by atoms with E-state index in [1.807, 2.05) is 13.8 Å². The molecule has 0 radical (unpaired) electrons. The van der Waals surface area contributed by atoms with Gasteiger partial charge in [0.15, 0.2) is 0 Å². The number of likely N-dealkylation sites (N-methyl/N-ethyl adjacent to an activating group) is 1. The summed E-state index contributed by atoms with van der Waals surface area (Å²) in [4.78, 5) is 10.8. The predicted octanol–water partition coefficient (Wildman–Crippen LogP) is 1.50. The molecule has 0 unspecified atom stereocenters. The second-order valence-electron chi connectivity index (χ2n) is 8.01. The van der Waals surface area contributed by atoms with Crippen molar-refractivity contribution in [2.24, 2.45) is 0 Å². The number of aliphatic hydroxyl groups is 5. The first-order valence-corrected chi connectivity index (χ1v) is 11.4. The Labute approximate surface area is 186 Å². The van der Waals surface area contributed by atoms with Crippen LogP contribution in [0.15, 0.2) is 23.8 Å². The first kappa shape index (κ1) is 29.7. The number of aliphatic hydroxyl groups excluding tert-OH is 5. The molecule has 8 nitrogen and oxygen atoms in total. The molecule has 0 aromatic heterocycles. The van der Waals surface area contributed by atoms with Crippen LogP contribution in [0.2, 0.25) is 0 Å². The molecule has 7 N–H and O–H groups in total. The first-order chi connectivity index (χ1) is 14.7. The maximum atomic E-state index is 10.8. The molecule has 0 saturated carbocycles. The number of carboxylic acid groups (broad SMARTS) is 1. The average Bonchev–Trinajstić information content (AvgIpc) is 2.73. The summed E-state index contributed by atoms with van der Waals surface area (Å²) < 4.78 is 0. The second kappa shape index (κ2) is 18.3. The molecule has 0 aliphatic carbocycles. The SMILES string of the molecule is CCCC[C@H](O)[C@H](O)/C=C/C=C(/CCC[C@H](O)[C@H](CCC(=O)O)NCC)C[C@H](O)CO. The van der Waals surface area contributed by atoms with Gasteiger partial charge < -0.3 is 36.0 Å². The van der Waals surface area contributed by atoms with Gasteiger partial charge in [0.2, 0.25) is 0 Å². The van der Waals surface area contributed by atoms with Gasteiger partial charge in [0.1, 0.15) is 0 Å². The lowest BCUT2D eigenvalue weighted by atomic mass is 9.96. The number of nitrogens with one attached hydrogen (secondary N) is 1. The number of aliphatic carboxylic acids is 1. The van der Waals surface area contributed by atoms with Gasteiger partial charge in [-0.25, -0.2) is 0 Å². The van der Waals surface area contributed by atoms with Crippen LogP contribution in [0.4, 0.5) is 0 Å². The average molecular weight is 446 g/mol. The van der Waals surface area contributed by atoms with Crippen molar-refractivity contribution in [1.82, 2.24) is 5.32 Å². The Bertz CT molecular complexity index is 524. The van der Waals surface area contributed by atoms with E-state index < -0.39 is 30.4 Å². The van der Waals surface area contributed by atoms with Crippen LogP contribution in [0.3, 0.4) is 0 Å². The molecule has 182 valence electrons. The van der Waals surface area contributed by atoms with E-state index in [1.165, 1.54) is 6.08 Å². The molecule has 31 heavy (non-hydrogen) atoms. The highest BCUT2D eigenvalue weighted by Gasteiger charge is 2.19. The van der Waals surface area contributed by atoms with Crippen molar-refractivity contribution >= 4 is 5.97 Å². The van der Waals surface area contributed by atoms with Gasteiger partial charge in [0, 0.05) is 12.5 Å². The molecule has 0 amide bonds. The molecule has 8 heteroatoms. The van der Waals surface area contributed by atoms with E-state index in [4.69, 9.17) is 10.2 Å². The van der Waals surface area contributed by atoms with Gasteiger partial charge in [-0.3, -0.25) is 4.79 Å². The van der Waals surface area contributed by atoms with Crippen molar-refractivity contribution in [2.45, 2.75) is 102 Å². The van der Waals surface area contributed by atoms with Crippen LogP contribution in [-0.4, -0.2) is 80.2 Å². The number of rotatable bonds is 19. The summed E-state index contributed by atoms with van der Waals surface area (Å²) in [5, 5.41) is 61.3. The van der Waals surface area contributed by atoms with Crippen molar-refractivity contribution < 1.29 is 35.4 Å². The fourth-order valence-corrected chi connectivity index (χ4v) is 3.35. The highest BCUT2D eigenvalue weighted by Crippen LogP contribution is 2.18. The fourth-order valence-electron chi connectivity index (χ4n) is 3.35. The zero-order valence-electron chi connectivity index (χ0n) is 19.0. The maximum absolute atomic E-state index is 10.8. The highest BCUT2D eigenvalue weighted by molar-refractivity contribution is 5.66. The van der Waals surface area contributed by atoms with Gasteiger partial charge in [-0.15, -0.1) is 0 Å². The van der Waals surface area contributed by atoms with Gasteiger partial charge in [-0.2, -0.15) is 0 Å². The Balaban J connectivity index is 4.82. The Morgan fingerprint density at radius 1 is 0.968 bits per heavy atom. The van der Waals surface area contributed by atoms with E-state index >= 15 is 0 Å².